The van der Waals surface area contributed by atoms with E-state index in [4.69, 9.17) is 5.10 Å². The van der Waals surface area contributed by atoms with Crippen LogP contribution in [0.1, 0.15) is 28.4 Å². The number of aromatic nitrogens is 2. The Morgan fingerprint density at radius 1 is 1.14 bits per heavy atom. The highest BCUT2D eigenvalue weighted by Crippen LogP contribution is 2.27. The van der Waals surface area contributed by atoms with E-state index in [0.29, 0.717) is 0 Å². The average Bonchev–Trinajstić information content (AvgIpc) is 3.15. The normalized spacial score (nSPS) is 12.5. The molecule has 21 heavy (non-hydrogen) atoms. The van der Waals surface area contributed by atoms with Crippen LogP contribution in [0, 0.1) is 6.92 Å². The van der Waals surface area contributed by atoms with E-state index in [2.05, 4.69) is 49.5 Å². The van der Waals surface area contributed by atoms with Gasteiger partial charge in [-0.15, -0.1) is 11.3 Å². The van der Waals surface area contributed by atoms with Gasteiger partial charge in [-0.25, -0.2) is 4.68 Å². The van der Waals surface area contributed by atoms with Crippen molar-refractivity contribution >= 4 is 11.3 Å². The van der Waals surface area contributed by atoms with Gasteiger partial charge in [0.1, 0.15) is 0 Å². The van der Waals surface area contributed by atoms with Gasteiger partial charge in [0.2, 0.25) is 0 Å². The van der Waals surface area contributed by atoms with Gasteiger partial charge in [-0.1, -0.05) is 25.1 Å². The first kappa shape index (κ1) is 14.0. The quantitative estimate of drug-likeness (QED) is 0.773. The van der Waals surface area contributed by atoms with Gasteiger partial charge in [0, 0.05) is 16.0 Å². The molecular weight excluding hydrogens is 278 g/mol. The molecule has 1 unspecified atom stereocenters. The van der Waals surface area contributed by atoms with Gasteiger partial charge in [-0.3, -0.25) is 0 Å². The van der Waals surface area contributed by atoms with Gasteiger partial charge in [-0.05, 0) is 43.8 Å². The number of aryl methyl sites for hydroxylation is 1. The third-order valence-electron chi connectivity index (χ3n) is 3.38. The van der Waals surface area contributed by atoms with Gasteiger partial charge in [0.25, 0.3) is 0 Å². The van der Waals surface area contributed by atoms with Crippen LogP contribution in [-0.4, -0.2) is 16.3 Å². The Morgan fingerprint density at radius 2 is 1.95 bits per heavy atom. The van der Waals surface area contributed by atoms with Crippen LogP contribution in [0.3, 0.4) is 0 Å². The number of thiophene rings is 1. The average molecular weight is 297 g/mol. The summed E-state index contributed by atoms with van der Waals surface area (Å²) in [6, 6.07) is 16.8. The van der Waals surface area contributed by atoms with E-state index in [9.17, 15) is 0 Å². The highest BCUT2D eigenvalue weighted by atomic mass is 32.1. The van der Waals surface area contributed by atoms with Crippen molar-refractivity contribution in [1.29, 1.82) is 0 Å². The topological polar surface area (TPSA) is 29.9 Å². The fraction of sp³-hybridized carbons (Fsp3) is 0.235. The fourth-order valence-corrected chi connectivity index (χ4v) is 3.35. The van der Waals surface area contributed by atoms with Crippen molar-refractivity contribution in [1.82, 2.24) is 15.1 Å². The van der Waals surface area contributed by atoms with E-state index in [1.807, 2.05) is 40.4 Å². The molecular formula is C17H19N3S. The molecule has 3 rings (SSSR count). The molecule has 3 nitrogen and oxygen atoms in total. The van der Waals surface area contributed by atoms with Gasteiger partial charge < -0.3 is 5.32 Å². The maximum Gasteiger partial charge on any atom is 0.0863 e. The molecule has 2 aromatic heterocycles. The summed E-state index contributed by atoms with van der Waals surface area (Å²) >= 11 is 1.82. The summed E-state index contributed by atoms with van der Waals surface area (Å²) in [6.45, 7) is 5.18. The van der Waals surface area contributed by atoms with E-state index in [0.717, 1.165) is 17.9 Å². The lowest BCUT2D eigenvalue weighted by atomic mass is 10.2. The van der Waals surface area contributed by atoms with Crippen molar-refractivity contribution in [3.05, 3.63) is 70.2 Å². The van der Waals surface area contributed by atoms with E-state index >= 15 is 0 Å². The minimum absolute atomic E-state index is 0.165. The molecule has 1 aromatic carbocycles. The van der Waals surface area contributed by atoms with Crippen LogP contribution in [0.5, 0.6) is 0 Å². The molecule has 0 aliphatic rings. The predicted molar refractivity (Wildman–Crippen MR) is 88.1 cm³/mol. The summed E-state index contributed by atoms with van der Waals surface area (Å²) in [5, 5.41) is 8.27. The molecule has 0 bridgehead atoms. The monoisotopic (exact) mass is 297 g/mol. The Labute approximate surface area is 129 Å². The van der Waals surface area contributed by atoms with Crippen molar-refractivity contribution in [3.63, 3.8) is 0 Å². The van der Waals surface area contributed by atoms with E-state index < -0.39 is 0 Å². The third-order valence-corrected chi connectivity index (χ3v) is 4.45. The van der Waals surface area contributed by atoms with Crippen molar-refractivity contribution in [3.8, 4) is 5.69 Å². The molecule has 1 N–H and O–H groups in total. The Morgan fingerprint density at radius 3 is 2.62 bits per heavy atom. The minimum atomic E-state index is 0.165. The number of nitrogens with zero attached hydrogens (tertiary/aromatic N) is 2. The molecule has 0 aliphatic carbocycles. The van der Waals surface area contributed by atoms with Gasteiger partial charge in [-0.2, -0.15) is 5.10 Å². The van der Waals surface area contributed by atoms with E-state index in [-0.39, 0.29) is 6.04 Å². The van der Waals surface area contributed by atoms with E-state index in [1.54, 1.807) is 0 Å². The smallest absolute Gasteiger partial charge is 0.0863 e. The van der Waals surface area contributed by atoms with Crippen LogP contribution in [0.15, 0.2) is 54.7 Å². The Balaban J connectivity index is 1.92. The van der Waals surface area contributed by atoms with Crippen LogP contribution in [-0.2, 0) is 0 Å². The first-order valence-electron chi connectivity index (χ1n) is 7.18. The predicted octanol–water partition coefficient (Wildman–Crippen LogP) is 3.94. The van der Waals surface area contributed by atoms with Gasteiger partial charge in [0.15, 0.2) is 0 Å². The second-order valence-electron chi connectivity index (χ2n) is 4.96. The maximum atomic E-state index is 4.75. The van der Waals surface area contributed by atoms with Crippen LogP contribution in [0.4, 0.5) is 0 Å². The number of rotatable bonds is 5. The van der Waals surface area contributed by atoms with Crippen molar-refractivity contribution in [2.75, 3.05) is 6.54 Å². The number of hydrogen-bond acceptors (Lipinski definition) is 3. The summed E-state index contributed by atoms with van der Waals surface area (Å²) in [5.41, 5.74) is 2.14. The SMILES string of the molecule is CCNC(c1ccn(-c2ccccc2)n1)c1ccc(C)s1. The number of benzene rings is 1. The fourth-order valence-electron chi connectivity index (χ4n) is 2.38. The molecule has 3 aromatic rings. The summed E-state index contributed by atoms with van der Waals surface area (Å²) < 4.78 is 1.93. The lowest BCUT2D eigenvalue weighted by Gasteiger charge is -2.13. The molecule has 0 amide bonds. The molecule has 0 radical (unpaired) electrons. The van der Waals surface area contributed by atoms with Crippen LogP contribution >= 0.6 is 11.3 Å². The summed E-state index contributed by atoms with van der Waals surface area (Å²) in [5.74, 6) is 0. The molecule has 0 saturated heterocycles. The van der Waals surface area contributed by atoms with Gasteiger partial charge in [0.05, 0.1) is 17.4 Å². The number of hydrogen-bond donors (Lipinski definition) is 1. The molecule has 0 saturated carbocycles. The second-order valence-corrected chi connectivity index (χ2v) is 6.28. The highest BCUT2D eigenvalue weighted by Gasteiger charge is 2.17. The summed E-state index contributed by atoms with van der Waals surface area (Å²) in [4.78, 5) is 2.64. The zero-order chi connectivity index (χ0) is 14.7. The van der Waals surface area contributed by atoms with E-state index in [1.165, 1.54) is 9.75 Å². The maximum absolute atomic E-state index is 4.75. The van der Waals surface area contributed by atoms with Crippen molar-refractivity contribution in [2.45, 2.75) is 19.9 Å². The molecule has 0 fully saturated rings. The first-order chi connectivity index (χ1) is 10.3. The lowest BCUT2D eigenvalue weighted by molar-refractivity contribution is 0.616. The van der Waals surface area contributed by atoms with Crippen LogP contribution in [0.2, 0.25) is 0 Å². The van der Waals surface area contributed by atoms with Gasteiger partial charge >= 0.3 is 0 Å². The molecule has 108 valence electrons. The highest BCUT2D eigenvalue weighted by molar-refractivity contribution is 7.12. The Hall–Kier alpha value is -1.91. The lowest BCUT2D eigenvalue weighted by Crippen LogP contribution is -2.21. The zero-order valence-corrected chi connectivity index (χ0v) is 13.1. The van der Waals surface area contributed by atoms with Crippen molar-refractivity contribution < 1.29 is 0 Å². The van der Waals surface area contributed by atoms with Crippen LogP contribution in [0.25, 0.3) is 5.69 Å². The number of nitrogens with one attached hydrogen (secondary N) is 1. The molecule has 0 aliphatic heterocycles. The molecule has 1 atom stereocenters. The zero-order valence-electron chi connectivity index (χ0n) is 12.3. The van der Waals surface area contributed by atoms with Crippen molar-refractivity contribution in [2.24, 2.45) is 0 Å². The largest absolute Gasteiger partial charge is 0.305 e. The summed E-state index contributed by atoms with van der Waals surface area (Å²) in [7, 11) is 0. The molecule has 4 heteroatoms. The summed E-state index contributed by atoms with van der Waals surface area (Å²) in [6.07, 6.45) is 2.02. The minimum Gasteiger partial charge on any atom is -0.305 e. The van der Waals surface area contributed by atoms with Crippen LogP contribution < -0.4 is 5.32 Å². The Bertz CT molecular complexity index is 700. The standard InChI is InChI=1S/C17H19N3S/c1-3-18-17(16-10-9-13(2)21-16)15-11-12-20(19-15)14-7-5-4-6-8-14/h4-12,17-18H,3H2,1-2H3. The second kappa shape index (κ2) is 6.24. The number of para-hydroxylation sites is 1. The molecule has 2 heterocycles. The first-order valence-corrected chi connectivity index (χ1v) is 8.00. The molecule has 0 spiro atoms. The third kappa shape index (κ3) is 3.06. The Kier molecular flexibility index (Phi) is 4.18.